The van der Waals surface area contributed by atoms with Gasteiger partial charge in [-0.2, -0.15) is 0 Å². The Morgan fingerprint density at radius 2 is 1.68 bits per heavy atom. The van der Waals surface area contributed by atoms with Crippen LogP contribution in [0.25, 0.3) is 10.8 Å². The van der Waals surface area contributed by atoms with Gasteiger partial charge >= 0.3 is 5.97 Å². The number of amides is 1. The van der Waals surface area contributed by atoms with Crippen LogP contribution in [0.5, 0.6) is 5.75 Å². The molecule has 1 atom stereocenters. The minimum Gasteiger partial charge on any atom is -0.497 e. The van der Waals surface area contributed by atoms with Crippen molar-refractivity contribution in [1.29, 1.82) is 0 Å². The van der Waals surface area contributed by atoms with Crippen molar-refractivity contribution in [3.8, 4) is 5.75 Å². The zero-order valence-corrected chi connectivity index (χ0v) is 16.0. The minimum atomic E-state index is -0.860. The van der Waals surface area contributed by atoms with Crippen molar-refractivity contribution < 1.29 is 19.1 Å². The Morgan fingerprint density at radius 3 is 2.43 bits per heavy atom. The molecule has 0 aliphatic carbocycles. The quantitative estimate of drug-likeness (QED) is 0.639. The summed E-state index contributed by atoms with van der Waals surface area (Å²) in [7, 11) is 1.60. The van der Waals surface area contributed by atoms with Crippen LogP contribution < -0.4 is 10.1 Å². The van der Waals surface area contributed by atoms with E-state index in [1.807, 2.05) is 66.7 Å². The van der Waals surface area contributed by atoms with E-state index < -0.39 is 12.1 Å². The van der Waals surface area contributed by atoms with Gasteiger partial charge in [0, 0.05) is 6.54 Å². The Morgan fingerprint density at radius 1 is 0.964 bits per heavy atom. The third-order valence-corrected chi connectivity index (χ3v) is 4.52. The Labute approximate surface area is 164 Å². The van der Waals surface area contributed by atoms with Gasteiger partial charge in [-0.15, -0.1) is 0 Å². The molecule has 0 radical (unpaired) electrons. The lowest BCUT2D eigenvalue weighted by Gasteiger charge is -2.14. The number of esters is 1. The Balaban J connectivity index is 1.53. The summed E-state index contributed by atoms with van der Waals surface area (Å²) in [6.45, 7) is 1.93. The first-order valence-electron chi connectivity index (χ1n) is 9.13. The summed E-state index contributed by atoms with van der Waals surface area (Å²) in [5.41, 5.74) is 1.82. The second-order valence-electron chi connectivity index (χ2n) is 6.51. The number of rotatable bonds is 7. The molecule has 3 rings (SSSR count). The Kier molecular flexibility index (Phi) is 6.27. The number of hydrogen-bond donors (Lipinski definition) is 1. The molecule has 1 N–H and O–H groups in total. The van der Waals surface area contributed by atoms with Crippen LogP contribution >= 0.6 is 0 Å². The summed E-state index contributed by atoms with van der Waals surface area (Å²) in [6.07, 6.45) is -0.738. The summed E-state index contributed by atoms with van der Waals surface area (Å²) in [6, 6.07) is 21.1. The number of methoxy groups -OCH3 is 1. The minimum absolute atomic E-state index is 0.122. The van der Waals surface area contributed by atoms with Crippen LogP contribution in [0.2, 0.25) is 0 Å². The summed E-state index contributed by atoms with van der Waals surface area (Å²) >= 11 is 0. The van der Waals surface area contributed by atoms with E-state index in [1.54, 1.807) is 14.0 Å². The number of hydrogen-bond acceptors (Lipinski definition) is 4. The first-order valence-corrected chi connectivity index (χ1v) is 9.13. The second kappa shape index (κ2) is 9.04. The van der Waals surface area contributed by atoms with Gasteiger partial charge in [0.25, 0.3) is 5.91 Å². The molecule has 3 aromatic carbocycles. The van der Waals surface area contributed by atoms with Gasteiger partial charge in [-0.05, 0) is 41.0 Å². The van der Waals surface area contributed by atoms with Crippen molar-refractivity contribution in [2.24, 2.45) is 0 Å². The normalized spacial score (nSPS) is 11.6. The van der Waals surface area contributed by atoms with Gasteiger partial charge in [-0.1, -0.05) is 54.6 Å². The van der Waals surface area contributed by atoms with Crippen LogP contribution in [0.4, 0.5) is 0 Å². The smallest absolute Gasteiger partial charge is 0.311 e. The molecule has 0 unspecified atom stereocenters. The summed E-state index contributed by atoms with van der Waals surface area (Å²) in [4.78, 5) is 24.5. The number of nitrogens with one attached hydrogen (secondary N) is 1. The van der Waals surface area contributed by atoms with E-state index in [1.165, 1.54) is 0 Å². The van der Waals surface area contributed by atoms with Crippen molar-refractivity contribution >= 4 is 22.6 Å². The van der Waals surface area contributed by atoms with E-state index in [4.69, 9.17) is 9.47 Å². The topological polar surface area (TPSA) is 64.6 Å². The fourth-order valence-corrected chi connectivity index (χ4v) is 2.97. The monoisotopic (exact) mass is 377 g/mol. The second-order valence-corrected chi connectivity index (χ2v) is 6.51. The summed E-state index contributed by atoms with van der Waals surface area (Å²) in [5.74, 6) is -0.00338. The molecule has 0 bridgehead atoms. The molecule has 1 amide bonds. The standard InChI is InChI=1S/C23H23NO4/c1-16(23(26)24-15-17-10-12-20(27-2)13-11-17)28-22(25)14-19-8-5-7-18-6-3-4-9-21(18)19/h3-13,16H,14-15H2,1-2H3,(H,24,26)/t16-/m1/s1. The maximum absolute atomic E-state index is 12.3. The molecule has 5 heteroatoms. The highest BCUT2D eigenvalue weighted by Gasteiger charge is 2.18. The van der Waals surface area contributed by atoms with Gasteiger partial charge in [0.05, 0.1) is 13.5 Å². The van der Waals surface area contributed by atoms with E-state index in [0.717, 1.165) is 27.6 Å². The molecule has 0 aliphatic rings. The van der Waals surface area contributed by atoms with Crippen molar-refractivity contribution in [2.75, 3.05) is 7.11 Å². The zero-order chi connectivity index (χ0) is 19.9. The number of ether oxygens (including phenoxy) is 2. The number of carbonyl (C=O) groups is 2. The molecule has 3 aromatic rings. The molecule has 0 saturated heterocycles. The molecule has 0 spiro atoms. The highest BCUT2D eigenvalue weighted by molar-refractivity contribution is 5.90. The lowest BCUT2D eigenvalue weighted by atomic mass is 10.0. The van der Waals surface area contributed by atoms with Crippen molar-refractivity contribution in [3.63, 3.8) is 0 Å². The molecular weight excluding hydrogens is 354 g/mol. The SMILES string of the molecule is COc1ccc(CNC(=O)[C@@H](C)OC(=O)Cc2cccc3ccccc23)cc1. The molecule has 0 aliphatic heterocycles. The van der Waals surface area contributed by atoms with E-state index in [2.05, 4.69) is 5.32 Å². The lowest BCUT2D eigenvalue weighted by molar-refractivity contribution is -0.154. The Hall–Kier alpha value is -3.34. The predicted molar refractivity (Wildman–Crippen MR) is 108 cm³/mol. The van der Waals surface area contributed by atoms with Crippen LogP contribution in [-0.4, -0.2) is 25.1 Å². The summed E-state index contributed by atoms with van der Waals surface area (Å²) in [5, 5.41) is 4.86. The summed E-state index contributed by atoms with van der Waals surface area (Å²) < 4.78 is 10.4. The third kappa shape index (κ3) is 4.88. The molecule has 28 heavy (non-hydrogen) atoms. The first-order chi connectivity index (χ1) is 13.6. The predicted octanol–water partition coefficient (Wildman–Crippen LogP) is 3.64. The van der Waals surface area contributed by atoms with Crippen LogP contribution in [-0.2, 0) is 27.3 Å². The molecule has 0 aromatic heterocycles. The van der Waals surface area contributed by atoms with E-state index >= 15 is 0 Å². The van der Waals surface area contributed by atoms with Crippen molar-refractivity contribution in [2.45, 2.75) is 26.0 Å². The maximum atomic E-state index is 12.3. The van der Waals surface area contributed by atoms with Gasteiger partial charge in [-0.25, -0.2) is 0 Å². The van der Waals surface area contributed by atoms with E-state index in [-0.39, 0.29) is 12.3 Å². The molecule has 5 nitrogen and oxygen atoms in total. The average Bonchev–Trinajstić information content (AvgIpc) is 2.72. The average molecular weight is 377 g/mol. The van der Waals surface area contributed by atoms with Crippen LogP contribution in [0.3, 0.4) is 0 Å². The van der Waals surface area contributed by atoms with Crippen molar-refractivity contribution in [1.82, 2.24) is 5.32 Å². The lowest BCUT2D eigenvalue weighted by Crippen LogP contribution is -2.35. The van der Waals surface area contributed by atoms with E-state index in [0.29, 0.717) is 6.54 Å². The molecular formula is C23H23NO4. The fraction of sp³-hybridized carbons (Fsp3) is 0.217. The van der Waals surface area contributed by atoms with Crippen LogP contribution in [0, 0.1) is 0 Å². The third-order valence-electron chi connectivity index (χ3n) is 4.52. The zero-order valence-electron chi connectivity index (χ0n) is 16.0. The highest BCUT2D eigenvalue weighted by Crippen LogP contribution is 2.19. The van der Waals surface area contributed by atoms with Crippen molar-refractivity contribution in [3.05, 3.63) is 77.9 Å². The van der Waals surface area contributed by atoms with Gasteiger partial charge in [0.1, 0.15) is 5.75 Å². The Bertz CT molecular complexity index is 961. The number of carbonyl (C=O) groups excluding carboxylic acids is 2. The van der Waals surface area contributed by atoms with Crippen LogP contribution in [0.15, 0.2) is 66.7 Å². The van der Waals surface area contributed by atoms with Gasteiger partial charge in [-0.3, -0.25) is 9.59 Å². The van der Waals surface area contributed by atoms with Gasteiger partial charge in [0.2, 0.25) is 0 Å². The number of fused-ring (bicyclic) bond motifs is 1. The van der Waals surface area contributed by atoms with E-state index in [9.17, 15) is 9.59 Å². The highest BCUT2D eigenvalue weighted by atomic mass is 16.5. The number of benzene rings is 3. The molecule has 0 heterocycles. The molecule has 0 saturated carbocycles. The van der Waals surface area contributed by atoms with Gasteiger partial charge in [0.15, 0.2) is 6.10 Å². The molecule has 0 fully saturated rings. The maximum Gasteiger partial charge on any atom is 0.311 e. The van der Waals surface area contributed by atoms with Gasteiger partial charge < -0.3 is 14.8 Å². The fourth-order valence-electron chi connectivity index (χ4n) is 2.97. The molecule has 144 valence electrons. The largest absolute Gasteiger partial charge is 0.497 e. The first kappa shape index (κ1) is 19.4. The van der Waals surface area contributed by atoms with Crippen LogP contribution in [0.1, 0.15) is 18.1 Å².